The van der Waals surface area contributed by atoms with Crippen molar-refractivity contribution in [3.8, 4) is 5.75 Å². The number of hydrogen-bond donors (Lipinski definition) is 1. The topological polar surface area (TPSA) is 93.1 Å². The second-order valence-corrected chi connectivity index (χ2v) is 7.62. The number of thioether (sulfide) groups is 1. The first-order valence-electron chi connectivity index (χ1n) is 9.05. The summed E-state index contributed by atoms with van der Waals surface area (Å²) < 4.78 is 10.8. The predicted octanol–water partition coefficient (Wildman–Crippen LogP) is 2.36. The number of ketones is 1. The second-order valence-electron chi connectivity index (χ2n) is 6.70. The van der Waals surface area contributed by atoms with Gasteiger partial charge in [-0.15, -0.1) is 11.8 Å². The van der Waals surface area contributed by atoms with Crippen LogP contribution in [0.1, 0.15) is 29.6 Å². The number of methoxy groups -OCH3 is 1. The predicted molar refractivity (Wildman–Crippen MR) is 105 cm³/mol. The van der Waals surface area contributed by atoms with Crippen LogP contribution in [-0.2, 0) is 14.3 Å². The van der Waals surface area contributed by atoms with Gasteiger partial charge in [0.2, 0.25) is 0 Å². The molecule has 1 aromatic rings. The number of rotatable bonds is 8. The molecule has 28 heavy (non-hydrogen) atoms. The third kappa shape index (κ3) is 4.07. The number of nitrogens with zero attached hydrogens (tertiary/aromatic N) is 1. The normalized spacial score (nSPS) is 22.1. The van der Waals surface area contributed by atoms with Gasteiger partial charge in [0.15, 0.2) is 5.78 Å². The molecule has 7 nitrogen and oxygen atoms in total. The minimum Gasteiger partial charge on any atom is -0.497 e. The molecule has 150 valence electrons. The number of carboxylic acid groups (broad SMARTS) is 1. The fraction of sp³-hybridized carbons (Fsp3) is 0.450. The first-order chi connectivity index (χ1) is 13.5. The van der Waals surface area contributed by atoms with Crippen LogP contribution in [-0.4, -0.2) is 65.7 Å². The molecule has 2 aliphatic rings. The fourth-order valence-electron chi connectivity index (χ4n) is 3.60. The van der Waals surface area contributed by atoms with Gasteiger partial charge in [-0.1, -0.05) is 0 Å². The number of carboxylic acids is 1. The Kier molecular flexibility index (Phi) is 6.41. The molecule has 0 radical (unpaired) electrons. The van der Waals surface area contributed by atoms with E-state index in [2.05, 4.69) is 0 Å². The number of ether oxygens (including phenoxy) is 2. The number of aliphatic carboxylic acids is 1. The molecule has 0 unspecified atom stereocenters. The Labute approximate surface area is 167 Å². The van der Waals surface area contributed by atoms with Crippen LogP contribution in [0.4, 0.5) is 0 Å². The van der Waals surface area contributed by atoms with Gasteiger partial charge in [0.25, 0.3) is 5.91 Å². The van der Waals surface area contributed by atoms with Crippen LogP contribution in [0.25, 0.3) is 0 Å². The van der Waals surface area contributed by atoms with Crippen LogP contribution in [0.15, 0.2) is 35.4 Å². The van der Waals surface area contributed by atoms with Crippen molar-refractivity contribution in [1.82, 2.24) is 4.90 Å². The summed E-state index contributed by atoms with van der Waals surface area (Å²) in [4.78, 5) is 39.2. The molecule has 0 saturated carbocycles. The average molecular weight is 405 g/mol. The largest absolute Gasteiger partial charge is 0.497 e. The van der Waals surface area contributed by atoms with Gasteiger partial charge < -0.3 is 19.5 Å². The molecule has 1 saturated heterocycles. The van der Waals surface area contributed by atoms with Crippen molar-refractivity contribution in [3.63, 3.8) is 0 Å². The molecule has 1 N–H and O–H groups in total. The van der Waals surface area contributed by atoms with Crippen LogP contribution in [0, 0.1) is 0 Å². The SMILES string of the molecule is COc1ccc(C(=O)C2=C(CC(=O)O)C(=O)N(C[C@@H]3CCCO3)[C@@H]2SC)cc1. The number of benzene rings is 1. The number of Topliss-reactive ketones (excluding diaryl/α,β-unsaturated/α-hetero) is 1. The first kappa shape index (κ1) is 20.4. The zero-order valence-corrected chi connectivity index (χ0v) is 16.7. The van der Waals surface area contributed by atoms with Crippen molar-refractivity contribution in [2.75, 3.05) is 26.5 Å². The van der Waals surface area contributed by atoms with Crippen LogP contribution in [0.2, 0.25) is 0 Å². The summed E-state index contributed by atoms with van der Waals surface area (Å²) >= 11 is 1.35. The minimum atomic E-state index is -1.14. The van der Waals surface area contributed by atoms with E-state index < -0.39 is 23.7 Å². The molecule has 0 spiro atoms. The molecule has 2 heterocycles. The summed E-state index contributed by atoms with van der Waals surface area (Å²) in [6.07, 6.45) is 3.03. The number of amides is 1. The van der Waals surface area contributed by atoms with Gasteiger partial charge in [-0.2, -0.15) is 0 Å². The third-order valence-electron chi connectivity index (χ3n) is 4.95. The molecule has 0 bridgehead atoms. The minimum absolute atomic E-state index is 0.0608. The van der Waals surface area contributed by atoms with E-state index in [0.717, 1.165) is 12.8 Å². The Morgan fingerprint density at radius 1 is 1.32 bits per heavy atom. The zero-order valence-electron chi connectivity index (χ0n) is 15.8. The summed E-state index contributed by atoms with van der Waals surface area (Å²) in [5.74, 6) is -1.25. The quantitative estimate of drug-likeness (QED) is 0.664. The Morgan fingerprint density at radius 2 is 2.04 bits per heavy atom. The summed E-state index contributed by atoms with van der Waals surface area (Å²) in [5, 5.41) is 8.77. The second kappa shape index (κ2) is 8.79. The number of carbonyl (C=O) groups is 3. The molecular formula is C20H23NO6S. The van der Waals surface area contributed by atoms with Crippen LogP contribution in [0.5, 0.6) is 5.75 Å². The van der Waals surface area contributed by atoms with Crippen molar-refractivity contribution in [2.24, 2.45) is 0 Å². The maximum atomic E-state index is 13.2. The smallest absolute Gasteiger partial charge is 0.308 e. The highest BCUT2D eigenvalue weighted by Gasteiger charge is 2.43. The lowest BCUT2D eigenvalue weighted by Gasteiger charge is -2.27. The summed E-state index contributed by atoms with van der Waals surface area (Å²) in [5.41, 5.74) is 0.707. The molecule has 0 aliphatic carbocycles. The molecule has 2 aliphatic heterocycles. The van der Waals surface area contributed by atoms with E-state index in [9.17, 15) is 19.5 Å². The van der Waals surface area contributed by atoms with Crippen LogP contribution < -0.4 is 4.74 Å². The Bertz CT molecular complexity index is 797. The van der Waals surface area contributed by atoms with Gasteiger partial charge >= 0.3 is 5.97 Å². The highest BCUT2D eigenvalue weighted by Crippen LogP contribution is 2.37. The van der Waals surface area contributed by atoms with Gasteiger partial charge in [-0.05, 0) is 43.4 Å². The standard InChI is InChI=1S/C20H23NO6S/c1-26-13-7-5-12(6-8-13)18(24)17-15(10-16(22)23)19(25)21(20(17)28-2)11-14-4-3-9-27-14/h5-8,14,20H,3-4,9-11H2,1-2H3,(H,22,23)/t14-,20+/m0/s1. The summed E-state index contributed by atoms with van der Waals surface area (Å²) in [6.45, 7) is 1.01. The van der Waals surface area contributed by atoms with Crippen LogP contribution >= 0.6 is 11.8 Å². The molecule has 1 aromatic carbocycles. The zero-order chi connectivity index (χ0) is 20.3. The van der Waals surface area contributed by atoms with Crippen LogP contribution in [0.3, 0.4) is 0 Å². The maximum Gasteiger partial charge on any atom is 0.308 e. The van der Waals surface area contributed by atoms with E-state index in [-0.39, 0.29) is 23.0 Å². The Morgan fingerprint density at radius 3 is 2.57 bits per heavy atom. The van der Waals surface area contributed by atoms with Gasteiger partial charge in [-0.25, -0.2) is 0 Å². The first-order valence-corrected chi connectivity index (χ1v) is 10.3. The molecule has 0 aromatic heterocycles. The monoisotopic (exact) mass is 405 g/mol. The average Bonchev–Trinajstić information content (AvgIpc) is 3.29. The lowest BCUT2D eigenvalue weighted by atomic mass is 9.98. The van der Waals surface area contributed by atoms with Crippen molar-refractivity contribution in [3.05, 3.63) is 41.0 Å². The molecule has 1 fully saturated rings. The lowest BCUT2D eigenvalue weighted by molar-refractivity contribution is -0.137. The highest BCUT2D eigenvalue weighted by atomic mass is 32.2. The summed E-state index contributed by atoms with van der Waals surface area (Å²) in [7, 11) is 1.53. The van der Waals surface area contributed by atoms with Crippen molar-refractivity contribution < 1.29 is 29.0 Å². The summed E-state index contributed by atoms with van der Waals surface area (Å²) in [6, 6.07) is 6.58. The molecular weight excluding hydrogens is 382 g/mol. The third-order valence-corrected chi connectivity index (χ3v) is 5.88. The van der Waals surface area contributed by atoms with Gasteiger partial charge in [0.05, 0.1) is 19.6 Å². The highest BCUT2D eigenvalue weighted by molar-refractivity contribution is 7.99. The molecule has 2 atom stereocenters. The molecule has 3 rings (SSSR count). The van der Waals surface area contributed by atoms with E-state index in [1.165, 1.54) is 18.9 Å². The van der Waals surface area contributed by atoms with Crippen molar-refractivity contribution in [1.29, 1.82) is 0 Å². The number of hydrogen-bond acceptors (Lipinski definition) is 6. The van der Waals surface area contributed by atoms with Gasteiger partial charge in [0, 0.05) is 29.9 Å². The molecule has 1 amide bonds. The van der Waals surface area contributed by atoms with E-state index >= 15 is 0 Å². The van der Waals surface area contributed by atoms with Crippen molar-refractivity contribution in [2.45, 2.75) is 30.7 Å². The fourth-order valence-corrected chi connectivity index (χ4v) is 4.52. The van der Waals surface area contributed by atoms with Gasteiger partial charge in [0.1, 0.15) is 11.1 Å². The van der Waals surface area contributed by atoms with E-state index in [1.807, 2.05) is 6.26 Å². The molecule has 8 heteroatoms. The Balaban J connectivity index is 1.95. The lowest BCUT2D eigenvalue weighted by Crippen LogP contribution is -2.40. The van der Waals surface area contributed by atoms with E-state index in [1.54, 1.807) is 29.2 Å². The number of carbonyl (C=O) groups excluding carboxylic acids is 2. The van der Waals surface area contributed by atoms with Crippen molar-refractivity contribution >= 4 is 29.4 Å². The maximum absolute atomic E-state index is 13.2. The Hall–Kier alpha value is -2.32. The van der Waals surface area contributed by atoms with E-state index in [4.69, 9.17) is 9.47 Å². The van der Waals surface area contributed by atoms with E-state index in [0.29, 0.717) is 24.5 Å². The van der Waals surface area contributed by atoms with Gasteiger partial charge in [-0.3, -0.25) is 14.4 Å².